The van der Waals surface area contributed by atoms with Crippen molar-refractivity contribution in [3.05, 3.63) is 11.8 Å². The van der Waals surface area contributed by atoms with Crippen molar-refractivity contribution in [2.24, 2.45) is 0 Å². The number of anilines is 1. The first kappa shape index (κ1) is 9.06. The van der Waals surface area contributed by atoms with Gasteiger partial charge in [-0.25, -0.2) is 0 Å². The highest BCUT2D eigenvalue weighted by molar-refractivity contribution is 5.28. The molecule has 1 rings (SSSR count). The van der Waals surface area contributed by atoms with Crippen LogP contribution in [0.2, 0.25) is 0 Å². The van der Waals surface area contributed by atoms with Gasteiger partial charge in [0.05, 0.1) is 6.54 Å². The normalized spacial score (nSPS) is 11.0. The largest absolute Gasteiger partial charge is 0.382 e. The van der Waals surface area contributed by atoms with E-state index in [1.165, 1.54) is 0 Å². The fourth-order valence-electron chi connectivity index (χ4n) is 1.06. The second-order valence-electron chi connectivity index (χ2n) is 3.24. The quantitative estimate of drug-likeness (QED) is 0.707. The summed E-state index contributed by atoms with van der Waals surface area (Å²) in [4.78, 5) is 2.12. The average Bonchev–Trinajstić information content (AvgIpc) is 2.26. The van der Waals surface area contributed by atoms with Crippen LogP contribution < -0.4 is 5.73 Å². The molecule has 0 aromatic carbocycles. The van der Waals surface area contributed by atoms with E-state index in [2.05, 4.69) is 10.00 Å². The highest BCUT2D eigenvalue weighted by Crippen LogP contribution is 2.03. The lowest BCUT2D eigenvalue weighted by atomic mass is 10.4. The third-order valence-corrected chi connectivity index (χ3v) is 1.76. The summed E-state index contributed by atoms with van der Waals surface area (Å²) in [5, 5.41) is 4.15. The maximum Gasteiger partial charge on any atom is 0.145 e. The predicted octanol–water partition coefficient (Wildman–Crippen LogP) is 0.335. The summed E-state index contributed by atoms with van der Waals surface area (Å²) in [6.45, 7) is 3.90. The highest BCUT2D eigenvalue weighted by Gasteiger charge is 2.00. The van der Waals surface area contributed by atoms with Crippen LogP contribution >= 0.6 is 0 Å². The Morgan fingerprint density at radius 2 is 2.25 bits per heavy atom. The van der Waals surface area contributed by atoms with Crippen LogP contribution in [0.1, 0.15) is 5.69 Å². The monoisotopic (exact) mass is 168 g/mol. The molecule has 68 valence electrons. The molecular weight excluding hydrogens is 152 g/mol. The molecule has 2 N–H and O–H groups in total. The van der Waals surface area contributed by atoms with Gasteiger partial charge in [-0.1, -0.05) is 0 Å². The molecule has 0 atom stereocenters. The molecule has 0 spiro atoms. The van der Waals surface area contributed by atoms with Gasteiger partial charge in [-0.2, -0.15) is 5.10 Å². The topological polar surface area (TPSA) is 47.1 Å². The Balaban J connectivity index is 2.57. The number of nitrogens with two attached hydrogens (primary N) is 1. The minimum absolute atomic E-state index is 0.603. The minimum atomic E-state index is 0.603. The van der Waals surface area contributed by atoms with Crippen molar-refractivity contribution < 1.29 is 0 Å². The Labute approximate surface area is 73.0 Å². The Bertz CT molecular complexity index is 252. The second kappa shape index (κ2) is 3.58. The number of likely N-dealkylation sites (N-methyl/N-ethyl adjacent to an activating group) is 1. The zero-order valence-electron chi connectivity index (χ0n) is 7.91. The zero-order valence-corrected chi connectivity index (χ0v) is 7.91. The molecule has 12 heavy (non-hydrogen) atoms. The second-order valence-corrected chi connectivity index (χ2v) is 3.24. The molecule has 0 amide bonds. The van der Waals surface area contributed by atoms with E-state index < -0.39 is 0 Å². The number of rotatable bonds is 3. The maximum absolute atomic E-state index is 5.54. The van der Waals surface area contributed by atoms with Crippen molar-refractivity contribution in [3.63, 3.8) is 0 Å². The fraction of sp³-hybridized carbons (Fsp3) is 0.625. The van der Waals surface area contributed by atoms with Gasteiger partial charge in [-0.15, -0.1) is 0 Å². The van der Waals surface area contributed by atoms with Gasteiger partial charge in [0.1, 0.15) is 5.82 Å². The molecule has 0 fully saturated rings. The van der Waals surface area contributed by atoms with E-state index in [1.807, 2.05) is 31.8 Å². The van der Waals surface area contributed by atoms with Crippen LogP contribution in [0.3, 0.4) is 0 Å². The molecule has 1 aromatic rings. The van der Waals surface area contributed by atoms with Gasteiger partial charge < -0.3 is 10.6 Å². The van der Waals surface area contributed by atoms with Gasteiger partial charge >= 0.3 is 0 Å². The van der Waals surface area contributed by atoms with Crippen LogP contribution in [0.5, 0.6) is 0 Å². The number of nitrogens with zero attached hydrogens (tertiary/aromatic N) is 3. The third-order valence-electron chi connectivity index (χ3n) is 1.76. The Hall–Kier alpha value is -1.03. The summed E-state index contributed by atoms with van der Waals surface area (Å²) in [5.41, 5.74) is 6.66. The van der Waals surface area contributed by atoms with Gasteiger partial charge in [0.25, 0.3) is 0 Å². The maximum atomic E-state index is 5.54. The minimum Gasteiger partial charge on any atom is -0.382 e. The van der Waals surface area contributed by atoms with Gasteiger partial charge in [0.2, 0.25) is 0 Å². The highest BCUT2D eigenvalue weighted by atomic mass is 15.3. The van der Waals surface area contributed by atoms with E-state index in [0.29, 0.717) is 5.82 Å². The summed E-state index contributed by atoms with van der Waals surface area (Å²) >= 11 is 0. The van der Waals surface area contributed by atoms with Gasteiger partial charge in [-0.3, -0.25) is 4.68 Å². The van der Waals surface area contributed by atoms with E-state index in [9.17, 15) is 0 Å². The first-order valence-electron chi connectivity index (χ1n) is 4.04. The summed E-state index contributed by atoms with van der Waals surface area (Å²) in [6.07, 6.45) is 0. The summed E-state index contributed by atoms with van der Waals surface area (Å²) in [6, 6.07) is 1.88. The van der Waals surface area contributed by atoms with Crippen LogP contribution in [-0.2, 0) is 6.54 Å². The first-order valence-corrected chi connectivity index (χ1v) is 4.04. The molecule has 4 nitrogen and oxygen atoms in total. The number of hydrogen-bond donors (Lipinski definition) is 1. The summed E-state index contributed by atoms with van der Waals surface area (Å²) in [7, 11) is 4.09. The number of nitrogen functional groups attached to an aromatic ring is 1. The van der Waals surface area contributed by atoms with E-state index in [1.54, 1.807) is 0 Å². The van der Waals surface area contributed by atoms with Crippen LogP contribution in [-0.4, -0.2) is 35.3 Å². The average molecular weight is 168 g/mol. The molecule has 1 heterocycles. The van der Waals surface area contributed by atoms with Gasteiger partial charge in [-0.05, 0) is 21.0 Å². The summed E-state index contributed by atoms with van der Waals surface area (Å²) < 4.78 is 1.93. The van der Waals surface area contributed by atoms with Crippen LogP contribution in [0, 0.1) is 6.92 Å². The lowest BCUT2D eigenvalue weighted by Gasteiger charge is -2.09. The Morgan fingerprint density at radius 3 is 2.67 bits per heavy atom. The van der Waals surface area contributed by atoms with Gasteiger partial charge in [0, 0.05) is 18.3 Å². The zero-order chi connectivity index (χ0) is 9.14. The molecule has 0 bridgehead atoms. The Morgan fingerprint density at radius 1 is 1.58 bits per heavy atom. The molecule has 0 saturated carbocycles. The van der Waals surface area contributed by atoms with Crippen LogP contribution in [0.25, 0.3) is 0 Å². The number of aromatic nitrogens is 2. The number of hydrogen-bond acceptors (Lipinski definition) is 3. The molecule has 4 heteroatoms. The lowest BCUT2D eigenvalue weighted by Crippen LogP contribution is -2.19. The lowest BCUT2D eigenvalue weighted by molar-refractivity contribution is 0.371. The van der Waals surface area contributed by atoms with E-state index in [4.69, 9.17) is 5.73 Å². The molecule has 1 aromatic heterocycles. The SMILES string of the molecule is Cc1cc(N)nn1CCN(C)C. The molecule has 0 radical (unpaired) electrons. The smallest absolute Gasteiger partial charge is 0.145 e. The molecular formula is C8H16N4. The van der Waals surface area contributed by atoms with Crippen molar-refractivity contribution in [3.8, 4) is 0 Å². The molecule has 0 aliphatic carbocycles. The van der Waals surface area contributed by atoms with Crippen molar-refractivity contribution in [1.29, 1.82) is 0 Å². The van der Waals surface area contributed by atoms with Crippen molar-refractivity contribution in [1.82, 2.24) is 14.7 Å². The van der Waals surface area contributed by atoms with E-state index in [-0.39, 0.29) is 0 Å². The van der Waals surface area contributed by atoms with Crippen molar-refractivity contribution in [2.75, 3.05) is 26.4 Å². The van der Waals surface area contributed by atoms with Crippen molar-refractivity contribution >= 4 is 5.82 Å². The fourth-order valence-corrected chi connectivity index (χ4v) is 1.06. The predicted molar refractivity (Wildman–Crippen MR) is 49.9 cm³/mol. The Kier molecular flexibility index (Phi) is 2.70. The molecule has 0 unspecified atom stereocenters. The molecule has 0 saturated heterocycles. The van der Waals surface area contributed by atoms with Crippen molar-refractivity contribution in [2.45, 2.75) is 13.5 Å². The third kappa shape index (κ3) is 2.23. The molecule has 0 aliphatic heterocycles. The van der Waals surface area contributed by atoms with Crippen LogP contribution in [0.4, 0.5) is 5.82 Å². The first-order chi connectivity index (χ1) is 5.59. The number of aryl methyl sites for hydroxylation is 1. The van der Waals surface area contributed by atoms with Crippen LogP contribution in [0.15, 0.2) is 6.07 Å². The van der Waals surface area contributed by atoms with E-state index >= 15 is 0 Å². The summed E-state index contributed by atoms with van der Waals surface area (Å²) in [5.74, 6) is 0.603. The standard InChI is InChI=1S/C8H16N4/c1-7-6-8(9)10-12(7)5-4-11(2)3/h6H,4-5H2,1-3H3,(H2,9,10). The molecule has 0 aliphatic rings. The van der Waals surface area contributed by atoms with E-state index in [0.717, 1.165) is 18.8 Å². The van der Waals surface area contributed by atoms with Gasteiger partial charge in [0.15, 0.2) is 0 Å².